The Bertz CT molecular complexity index is 587. The van der Waals surface area contributed by atoms with E-state index in [0.29, 0.717) is 23.8 Å². The van der Waals surface area contributed by atoms with Crippen LogP contribution >= 0.6 is 11.6 Å². The number of rotatable bonds is 6. The average Bonchev–Trinajstić information content (AvgIpc) is 2.72. The van der Waals surface area contributed by atoms with E-state index in [-0.39, 0.29) is 18.7 Å². The largest absolute Gasteiger partial charge is 0.480 e. The maximum atomic E-state index is 10.1. The summed E-state index contributed by atoms with van der Waals surface area (Å²) in [5.41, 5.74) is 1.20. The normalized spacial score (nSPS) is 13.2. The van der Waals surface area contributed by atoms with E-state index in [1.165, 1.54) is 6.20 Å². The number of aliphatic hydroxyl groups excluding tert-OH is 1. The molecule has 20 heavy (non-hydrogen) atoms. The van der Waals surface area contributed by atoms with Crippen molar-refractivity contribution in [1.29, 1.82) is 0 Å². The maximum absolute atomic E-state index is 10.1. The van der Waals surface area contributed by atoms with Gasteiger partial charge in [0.2, 0.25) is 0 Å². The van der Waals surface area contributed by atoms with Crippen LogP contribution < -0.4 is 0 Å². The van der Waals surface area contributed by atoms with E-state index in [4.69, 9.17) is 16.7 Å². The molecule has 0 aromatic carbocycles. The van der Waals surface area contributed by atoms with Gasteiger partial charge in [-0.2, -0.15) is 4.98 Å². The summed E-state index contributed by atoms with van der Waals surface area (Å²) >= 11 is 5.97. The smallest absolute Gasteiger partial charge is 0.296 e. The van der Waals surface area contributed by atoms with E-state index >= 15 is 0 Å². The van der Waals surface area contributed by atoms with Crippen molar-refractivity contribution >= 4 is 22.8 Å². The number of pyridine rings is 1. The molecule has 0 radical (unpaired) electrons. The van der Waals surface area contributed by atoms with Gasteiger partial charge < -0.3 is 15.1 Å². The molecule has 0 bridgehead atoms. The van der Waals surface area contributed by atoms with Crippen molar-refractivity contribution in [3.63, 3.8) is 0 Å². The highest BCUT2D eigenvalue weighted by Gasteiger charge is 2.20. The molecule has 0 saturated carbocycles. The quantitative estimate of drug-likeness (QED) is 0.848. The molecule has 2 heterocycles. The van der Waals surface area contributed by atoms with Crippen molar-refractivity contribution < 1.29 is 10.2 Å². The van der Waals surface area contributed by atoms with Gasteiger partial charge in [0.05, 0.1) is 23.2 Å². The van der Waals surface area contributed by atoms with Gasteiger partial charge in [0.15, 0.2) is 5.65 Å². The fourth-order valence-corrected chi connectivity index (χ4v) is 2.47. The molecule has 0 fully saturated rings. The number of hydrogen-bond acceptors (Lipinski definition) is 5. The number of fused-ring (bicyclic) bond motifs is 1. The van der Waals surface area contributed by atoms with Gasteiger partial charge in [0.25, 0.3) is 6.01 Å². The minimum Gasteiger partial charge on any atom is -0.480 e. The van der Waals surface area contributed by atoms with Crippen LogP contribution in [0.3, 0.4) is 0 Å². The Kier molecular flexibility index (Phi) is 4.80. The van der Waals surface area contributed by atoms with Gasteiger partial charge in [-0.3, -0.25) is 4.57 Å². The highest BCUT2D eigenvalue weighted by molar-refractivity contribution is 6.31. The average molecular weight is 299 g/mol. The molecule has 2 aromatic rings. The number of nitrogens with zero attached hydrogens (tertiary/aromatic N) is 4. The van der Waals surface area contributed by atoms with Crippen molar-refractivity contribution in [2.45, 2.75) is 19.4 Å². The monoisotopic (exact) mass is 298 g/mol. The van der Waals surface area contributed by atoms with Crippen molar-refractivity contribution in [2.75, 3.05) is 26.7 Å². The zero-order valence-corrected chi connectivity index (χ0v) is 12.4. The lowest BCUT2D eigenvalue weighted by Crippen LogP contribution is -2.29. The first-order valence-corrected chi connectivity index (χ1v) is 6.96. The molecule has 2 N–H and O–H groups in total. The van der Waals surface area contributed by atoms with Crippen LogP contribution in [-0.2, 0) is 0 Å². The van der Waals surface area contributed by atoms with Crippen LogP contribution in [0, 0.1) is 0 Å². The van der Waals surface area contributed by atoms with Crippen LogP contribution in [0.25, 0.3) is 11.2 Å². The SMILES string of the molecule is CC[C@H](CN(C)CCO)n1c(O)nc2ncc(Cl)cc21. The predicted molar refractivity (Wildman–Crippen MR) is 78.1 cm³/mol. The fourth-order valence-electron chi connectivity index (χ4n) is 2.32. The number of aliphatic hydroxyl groups is 1. The van der Waals surface area contributed by atoms with Crippen LogP contribution in [0.1, 0.15) is 19.4 Å². The van der Waals surface area contributed by atoms with Crippen molar-refractivity contribution in [3.05, 3.63) is 17.3 Å². The molecule has 110 valence electrons. The van der Waals surface area contributed by atoms with E-state index in [1.807, 2.05) is 18.9 Å². The number of aromatic hydroxyl groups is 1. The third kappa shape index (κ3) is 3.03. The number of halogens is 1. The summed E-state index contributed by atoms with van der Waals surface area (Å²) in [6.07, 6.45) is 2.33. The third-order valence-electron chi connectivity index (χ3n) is 3.34. The maximum Gasteiger partial charge on any atom is 0.296 e. The predicted octanol–water partition coefficient (Wildman–Crippen LogP) is 1.67. The second-order valence-electron chi connectivity index (χ2n) is 4.83. The molecular formula is C13H19ClN4O2. The van der Waals surface area contributed by atoms with Gasteiger partial charge in [0, 0.05) is 19.3 Å². The molecule has 2 aromatic heterocycles. The number of hydrogen-bond donors (Lipinski definition) is 2. The second kappa shape index (κ2) is 6.39. The Labute approximate surface area is 122 Å². The zero-order chi connectivity index (χ0) is 14.7. The van der Waals surface area contributed by atoms with Gasteiger partial charge in [-0.15, -0.1) is 0 Å². The molecule has 0 amide bonds. The highest BCUT2D eigenvalue weighted by Crippen LogP contribution is 2.28. The highest BCUT2D eigenvalue weighted by atomic mass is 35.5. The van der Waals surface area contributed by atoms with Crippen molar-refractivity contribution in [3.8, 4) is 6.01 Å². The first kappa shape index (κ1) is 15.0. The minimum atomic E-state index is -0.0565. The minimum absolute atomic E-state index is 0.0387. The number of aromatic nitrogens is 3. The summed E-state index contributed by atoms with van der Waals surface area (Å²) in [6, 6.07) is 1.74. The van der Waals surface area contributed by atoms with E-state index in [2.05, 4.69) is 9.97 Å². The summed E-state index contributed by atoms with van der Waals surface area (Å²) in [4.78, 5) is 10.2. The topological polar surface area (TPSA) is 74.4 Å². The molecule has 0 aliphatic carbocycles. The Morgan fingerprint density at radius 2 is 2.25 bits per heavy atom. The van der Waals surface area contributed by atoms with Crippen molar-refractivity contribution in [2.24, 2.45) is 0 Å². The summed E-state index contributed by atoms with van der Waals surface area (Å²) in [5, 5.41) is 19.6. The fraction of sp³-hybridized carbons (Fsp3) is 0.538. The van der Waals surface area contributed by atoms with Crippen LogP contribution in [0.4, 0.5) is 0 Å². The Balaban J connectivity index is 2.38. The van der Waals surface area contributed by atoms with E-state index in [9.17, 15) is 5.11 Å². The molecule has 1 atom stereocenters. The van der Waals surface area contributed by atoms with Gasteiger partial charge in [-0.05, 0) is 19.5 Å². The molecule has 2 rings (SSSR count). The van der Waals surface area contributed by atoms with Gasteiger partial charge in [-0.1, -0.05) is 18.5 Å². The summed E-state index contributed by atoms with van der Waals surface area (Å²) in [5.74, 6) is 0. The molecule has 0 aliphatic heterocycles. The van der Waals surface area contributed by atoms with E-state index < -0.39 is 0 Å². The Hall–Kier alpha value is -1.37. The van der Waals surface area contributed by atoms with Crippen LogP contribution in [-0.4, -0.2) is 56.4 Å². The molecule has 0 aliphatic rings. The van der Waals surface area contributed by atoms with E-state index in [0.717, 1.165) is 11.9 Å². The lowest BCUT2D eigenvalue weighted by atomic mass is 10.2. The van der Waals surface area contributed by atoms with Gasteiger partial charge in [0.1, 0.15) is 0 Å². The van der Waals surface area contributed by atoms with Crippen LogP contribution in [0.2, 0.25) is 5.02 Å². The summed E-state index contributed by atoms with van der Waals surface area (Å²) in [7, 11) is 1.93. The lowest BCUT2D eigenvalue weighted by Gasteiger charge is -2.24. The standard InChI is InChI=1S/C13H19ClN4O2/c1-3-10(8-17(2)4-5-19)18-11-6-9(14)7-15-12(11)16-13(18)20/h6-7,10,19H,3-5,8H2,1-2H3,(H,15,16,20)/t10-/m1/s1. The number of likely N-dealkylation sites (N-methyl/N-ethyl adjacent to an activating group) is 1. The van der Waals surface area contributed by atoms with Crippen LogP contribution in [0.5, 0.6) is 6.01 Å². The lowest BCUT2D eigenvalue weighted by molar-refractivity contribution is 0.198. The first-order valence-electron chi connectivity index (χ1n) is 6.58. The van der Waals surface area contributed by atoms with Gasteiger partial charge >= 0.3 is 0 Å². The molecule has 6 nitrogen and oxygen atoms in total. The molecule has 0 saturated heterocycles. The summed E-state index contributed by atoms with van der Waals surface area (Å²) < 4.78 is 1.75. The first-order chi connectivity index (χ1) is 9.56. The van der Waals surface area contributed by atoms with Crippen LogP contribution in [0.15, 0.2) is 12.3 Å². The third-order valence-corrected chi connectivity index (χ3v) is 3.54. The van der Waals surface area contributed by atoms with Gasteiger partial charge in [-0.25, -0.2) is 4.98 Å². The second-order valence-corrected chi connectivity index (χ2v) is 5.26. The molecular weight excluding hydrogens is 280 g/mol. The number of imidazole rings is 1. The van der Waals surface area contributed by atoms with Crippen molar-refractivity contribution in [1.82, 2.24) is 19.4 Å². The zero-order valence-electron chi connectivity index (χ0n) is 11.6. The Morgan fingerprint density at radius 1 is 1.50 bits per heavy atom. The molecule has 0 spiro atoms. The molecule has 7 heteroatoms. The van der Waals surface area contributed by atoms with E-state index in [1.54, 1.807) is 10.6 Å². The Morgan fingerprint density at radius 3 is 2.90 bits per heavy atom. The summed E-state index contributed by atoms with van der Waals surface area (Å²) in [6.45, 7) is 3.43. The molecule has 0 unspecified atom stereocenters.